The van der Waals surface area contributed by atoms with E-state index in [9.17, 15) is 10.2 Å². The molecule has 2 heterocycles. The molecule has 8 heteroatoms. The Morgan fingerprint density at radius 2 is 2.00 bits per heavy atom. The monoisotopic (exact) mass is 364 g/mol. The molecule has 0 radical (unpaired) electrons. The molecule has 0 aromatic heterocycles. The third-order valence-corrected chi connectivity index (χ3v) is 5.91. The first-order valence-corrected chi connectivity index (χ1v) is 9.57. The Hall–Kier alpha value is -0.0600. The highest BCUT2D eigenvalue weighted by Crippen LogP contribution is 2.42. The van der Waals surface area contributed by atoms with E-state index in [1.807, 2.05) is 26.0 Å². The van der Waals surface area contributed by atoms with E-state index in [2.05, 4.69) is 0 Å². The predicted octanol–water partition coefficient (Wildman–Crippen LogP) is 2.03. The van der Waals surface area contributed by atoms with Crippen LogP contribution in [0.3, 0.4) is 0 Å². The number of allylic oxidation sites excluding steroid dienone is 2. The molecule has 0 aliphatic carbocycles. The maximum absolute atomic E-state index is 9.73. The molecule has 1 saturated heterocycles. The van der Waals surface area contributed by atoms with Crippen LogP contribution in [0.1, 0.15) is 20.3 Å². The molecular weight excluding hydrogens is 340 g/mol. The van der Waals surface area contributed by atoms with Gasteiger partial charge in [0.05, 0.1) is 19.8 Å². The highest BCUT2D eigenvalue weighted by atomic mass is 33.1. The number of ether oxygens (including phenoxy) is 4. The quantitative estimate of drug-likeness (QED) is 0.500. The van der Waals surface area contributed by atoms with Crippen LogP contribution in [0.15, 0.2) is 22.0 Å². The second kappa shape index (κ2) is 8.87. The van der Waals surface area contributed by atoms with Crippen LogP contribution in [0.25, 0.3) is 0 Å². The summed E-state index contributed by atoms with van der Waals surface area (Å²) in [6.45, 7) is 5.36. The summed E-state index contributed by atoms with van der Waals surface area (Å²) in [4.78, 5) is 2.08. The van der Waals surface area contributed by atoms with Gasteiger partial charge in [-0.15, -0.1) is 0 Å². The molecule has 0 aromatic rings. The van der Waals surface area contributed by atoms with Crippen molar-refractivity contribution < 1.29 is 29.2 Å². The molecule has 1 fully saturated rings. The minimum Gasteiger partial charge on any atom is -0.387 e. The van der Waals surface area contributed by atoms with E-state index in [-0.39, 0.29) is 6.10 Å². The van der Waals surface area contributed by atoms with Crippen LogP contribution < -0.4 is 0 Å². The molecule has 0 amide bonds. The minimum atomic E-state index is -1.16. The van der Waals surface area contributed by atoms with Gasteiger partial charge in [-0.2, -0.15) is 0 Å². The first kappa shape index (κ1) is 19.3. The molecule has 3 unspecified atom stereocenters. The molecule has 3 atom stereocenters. The standard InChI is InChI=1S/C15H24O6S2/c1-15(2)20-8-10(21-15)7-19-9-12-5-4-11(22-23-12)6-13(16)14(17)18-3/h4-5,10,13-14,16-17H,6-9H2,1-3H3. The lowest BCUT2D eigenvalue weighted by atomic mass is 10.2. The smallest absolute Gasteiger partial charge is 0.180 e. The molecule has 0 bridgehead atoms. The Morgan fingerprint density at radius 3 is 2.57 bits per heavy atom. The molecule has 23 heavy (non-hydrogen) atoms. The highest BCUT2D eigenvalue weighted by molar-refractivity contribution is 8.79. The van der Waals surface area contributed by atoms with Crippen molar-refractivity contribution in [2.45, 2.75) is 44.6 Å². The summed E-state index contributed by atoms with van der Waals surface area (Å²) in [7, 11) is 4.51. The molecule has 132 valence electrons. The third kappa shape index (κ3) is 6.39. The largest absolute Gasteiger partial charge is 0.387 e. The van der Waals surface area contributed by atoms with Gasteiger partial charge in [0, 0.05) is 18.4 Å². The Morgan fingerprint density at radius 1 is 1.30 bits per heavy atom. The van der Waals surface area contributed by atoms with Crippen LogP contribution in [0.5, 0.6) is 0 Å². The third-order valence-electron chi connectivity index (χ3n) is 3.31. The maximum atomic E-state index is 9.73. The first-order valence-electron chi connectivity index (χ1n) is 7.42. The molecular formula is C15H24O6S2. The SMILES string of the molecule is COC(O)C(O)CC1=CC=C(COCC2COC(C)(C)O2)SS1. The number of aliphatic hydroxyl groups is 2. The van der Waals surface area contributed by atoms with Crippen molar-refractivity contribution in [1.82, 2.24) is 0 Å². The number of methoxy groups -OCH3 is 1. The Balaban J connectivity index is 1.69. The van der Waals surface area contributed by atoms with Crippen molar-refractivity contribution in [3.05, 3.63) is 22.0 Å². The van der Waals surface area contributed by atoms with E-state index < -0.39 is 18.2 Å². The van der Waals surface area contributed by atoms with Crippen LogP contribution in [-0.4, -0.2) is 61.4 Å². The fourth-order valence-corrected chi connectivity index (χ4v) is 4.28. The van der Waals surface area contributed by atoms with Crippen LogP contribution in [0.4, 0.5) is 0 Å². The maximum Gasteiger partial charge on any atom is 0.180 e. The Labute approximate surface area is 144 Å². The lowest BCUT2D eigenvalue weighted by Gasteiger charge is -2.19. The zero-order valence-electron chi connectivity index (χ0n) is 13.6. The molecule has 6 nitrogen and oxygen atoms in total. The van der Waals surface area contributed by atoms with E-state index in [0.29, 0.717) is 26.2 Å². The van der Waals surface area contributed by atoms with Crippen molar-refractivity contribution in [2.75, 3.05) is 26.9 Å². The van der Waals surface area contributed by atoms with Gasteiger partial charge in [0.1, 0.15) is 12.2 Å². The average Bonchev–Trinajstić information content (AvgIpc) is 2.87. The van der Waals surface area contributed by atoms with Gasteiger partial charge < -0.3 is 29.2 Å². The van der Waals surface area contributed by atoms with Gasteiger partial charge in [0.15, 0.2) is 12.1 Å². The van der Waals surface area contributed by atoms with Crippen LogP contribution >= 0.6 is 21.6 Å². The zero-order chi connectivity index (χ0) is 16.9. The zero-order valence-corrected chi connectivity index (χ0v) is 15.2. The number of hydrogen-bond acceptors (Lipinski definition) is 8. The fourth-order valence-electron chi connectivity index (χ4n) is 2.12. The van der Waals surface area contributed by atoms with Gasteiger partial charge in [0.25, 0.3) is 0 Å². The van der Waals surface area contributed by atoms with Crippen molar-refractivity contribution >= 4 is 21.6 Å². The topological polar surface area (TPSA) is 77.4 Å². The van der Waals surface area contributed by atoms with Gasteiger partial charge >= 0.3 is 0 Å². The molecule has 2 aliphatic rings. The van der Waals surface area contributed by atoms with E-state index in [1.54, 1.807) is 21.6 Å². The summed E-state index contributed by atoms with van der Waals surface area (Å²) in [6, 6.07) is 0. The molecule has 2 aliphatic heterocycles. The number of aliphatic hydroxyl groups excluding tert-OH is 2. The summed E-state index contributed by atoms with van der Waals surface area (Å²) >= 11 is 0. The highest BCUT2D eigenvalue weighted by Gasteiger charge is 2.32. The van der Waals surface area contributed by atoms with E-state index in [1.165, 1.54) is 7.11 Å². The molecule has 0 saturated carbocycles. The van der Waals surface area contributed by atoms with Crippen molar-refractivity contribution in [3.63, 3.8) is 0 Å². The summed E-state index contributed by atoms with van der Waals surface area (Å²) < 4.78 is 21.5. The van der Waals surface area contributed by atoms with Crippen LogP contribution in [0.2, 0.25) is 0 Å². The molecule has 2 rings (SSSR count). The lowest BCUT2D eigenvalue weighted by molar-refractivity contribution is -0.144. The van der Waals surface area contributed by atoms with E-state index in [4.69, 9.17) is 18.9 Å². The lowest BCUT2D eigenvalue weighted by Crippen LogP contribution is -2.27. The molecule has 0 spiro atoms. The first-order chi connectivity index (χ1) is 10.9. The average molecular weight is 364 g/mol. The Kier molecular flexibility index (Phi) is 7.43. The van der Waals surface area contributed by atoms with E-state index >= 15 is 0 Å². The summed E-state index contributed by atoms with van der Waals surface area (Å²) in [5.41, 5.74) is 0. The van der Waals surface area contributed by atoms with Crippen molar-refractivity contribution in [2.24, 2.45) is 0 Å². The second-order valence-electron chi connectivity index (χ2n) is 5.80. The van der Waals surface area contributed by atoms with Gasteiger partial charge in [-0.25, -0.2) is 0 Å². The molecule has 0 aromatic carbocycles. The van der Waals surface area contributed by atoms with Crippen LogP contribution in [0, 0.1) is 0 Å². The van der Waals surface area contributed by atoms with Gasteiger partial charge in [-0.05, 0) is 24.8 Å². The van der Waals surface area contributed by atoms with Gasteiger partial charge in [-0.3, -0.25) is 0 Å². The summed E-state index contributed by atoms with van der Waals surface area (Å²) in [5.74, 6) is -0.520. The minimum absolute atomic E-state index is 0.0244. The summed E-state index contributed by atoms with van der Waals surface area (Å²) in [6.07, 6.45) is 2.16. The van der Waals surface area contributed by atoms with Gasteiger partial charge in [-0.1, -0.05) is 27.7 Å². The Bertz CT molecular complexity index is 451. The second-order valence-corrected chi connectivity index (χ2v) is 8.18. The van der Waals surface area contributed by atoms with Crippen molar-refractivity contribution in [3.8, 4) is 0 Å². The van der Waals surface area contributed by atoms with E-state index in [0.717, 1.165) is 9.81 Å². The summed E-state index contributed by atoms with van der Waals surface area (Å²) in [5, 5.41) is 19.1. The van der Waals surface area contributed by atoms with Gasteiger partial charge in [0.2, 0.25) is 0 Å². The predicted molar refractivity (Wildman–Crippen MR) is 90.7 cm³/mol. The number of rotatable bonds is 8. The molecule has 2 N–H and O–H groups in total. The normalized spacial score (nSPS) is 26.6. The van der Waals surface area contributed by atoms with Crippen molar-refractivity contribution in [1.29, 1.82) is 0 Å². The fraction of sp³-hybridized carbons (Fsp3) is 0.733. The van der Waals surface area contributed by atoms with Crippen LogP contribution in [-0.2, 0) is 18.9 Å². The number of hydrogen-bond donors (Lipinski definition) is 2.